The first kappa shape index (κ1) is 16.7. The lowest BCUT2D eigenvalue weighted by Gasteiger charge is -2.42. The topological polar surface area (TPSA) is 55.1 Å². The molecule has 1 fully saturated rings. The summed E-state index contributed by atoms with van der Waals surface area (Å²) in [5.41, 5.74) is 6.18. The van der Waals surface area contributed by atoms with E-state index in [1.807, 2.05) is 0 Å². The van der Waals surface area contributed by atoms with Crippen molar-refractivity contribution in [3.63, 3.8) is 0 Å². The quantitative estimate of drug-likeness (QED) is 0.741. The molecule has 0 heterocycles. The molecule has 1 unspecified atom stereocenters. The van der Waals surface area contributed by atoms with Gasteiger partial charge in [0.05, 0.1) is 6.04 Å². The molecule has 0 aromatic rings. The largest absolute Gasteiger partial charge is 0.354 e. The number of rotatable bonds is 7. The average molecular weight is 263 g/mol. The summed E-state index contributed by atoms with van der Waals surface area (Å²) in [7, 11) is 0. The maximum Gasteiger partial charge on any atom is 0.236 e. The first-order chi connectivity index (χ1) is 7.63. The monoisotopic (exact) mass is 262 g/mol. The summed E-state index contributed by atoms with van der Waals surface area (Å²) in [6.07, 6.45) is 8.04. The first-order valence-corrected chi connectivity index (χ1v) is 6.67. The second kappa shape index (κ2) is 7.93. The standard InChI is InChI=1S/C13H26N2O.ClH/c1-3-6-11(14)12(16)15-10-13(7-4-2)8-5-9-13;/h11H,3-10,14H2,1-2H3,(H,15,16);1H. The molecule has 0 aromatic carbocycles. The van der Waals surface area contributed by atoms with Crippen LogP contribution in [0, 0.1) is 5.41 Å². The fourth-order valence-corrected chi connectivity index (χ4v) is 2.57. The van der Waals surface area contributed by atoms with Gasteiger partial charge in [-0.25, -0.2) is 0 Å². The summed E-state index contributed by atoms with van der Waals surface area (Å²) in [5, 5.41) is 3.03. The van der Waals surface area contributed by atoms with Crippen molar-refractivity contribution in [3.05, 3.63) is 0 Å². The van der Waals surface area contributed by atoms with Crippen LogP contribution in [-0.4, -0.2) is 18.5 Å². The van der Waals surface area contributed by atoms with Gasteiger partial charge in [-0.2, -0.15) is 0 Å². The van der Waals surface area contributed by atoms with E-state index in [0.717, 1.165) is 19.4 Å². The van der Waals surface area contributed by atoms with E-state index in [1.54, 1.807) is 0 Å². The van der Waals surface area contributed by atoms with Crippen molar-refractivity contribution in [2.75, 3.05) is 6.54 Å². The highest BCUT2D eigenvalue weighted by Crippen LogP contribution is 2.44. The SMILES string of the molecule is CCCC(N)C(=O)NCC1(CCC)CCC1.Cl. The summed E-state index contributed by atoms with van der Waals surface area (Å²) in [6.45, 7) is 5.10. The van der Waals surface area contributed by atoms with Crippen LogP contribution in [0.2, 0.25) is 0 Å². The van der Waals surface area contributed by atoms with Crippen LogP contribution < -0.4 is 11.1 Å². The molecular formula is C13H27ClN2O. The zero-order valence-corrected chi connectivity index (χ0v) is 11.9. The van der Waals surface area contributed by atoms with Gasteiger partial charge in [0.2, 0.25) is 5.91 Å². The maximum absolute atomic E-state index is 11.7. The van der Waals surface area contributed by atoms with Crippen molar-refractivity contribution in [1.29, 1.82) is 0 Å². The Morgan fingerprint density at radius 2 is 2.00 bits per heavy atom. The predicted molar refractivity (Wildman–Crippen MR) is 74.3 cm³/mol. The molecule has 102 valence electrons. The lowest BCUT2D eigenvalue weighted by Crippen LogP contribution is -2.47. The molecule has 0 aliphatic heterocycles. The number of carbonyl (C=O) groups excluding carboxylic acids is 1. The molecule has 0 radical (unpaired) electrons. The lowest BCUT2D eigenvalue weighted by atomic mass is 9.66. The molecule has 1 aliphatic rings. The van der Waals surface area contributed by atoms with Crippen molar-refractivity contribution < 1.29 is 4.79 Å². The van der Waals surface area contributed by atoms with Crippen molar-refractivity contribution >= 4 is 18.3 Å². The minimum Gasteiger partial charge on any atom is -0.354 e. The van der Waals surface area contributed by atoms with Gasteiger partial charge >= 0.3 is 0 Å². The molecule has 3 N–H and O–H groups in total. The van der Waals surface area contributed by atoms with Crippen LogP contribution in [0.15, 0.2) is 0 Å². The molecule has 1 rings (SSSR count). The highest BCUT2D eigenvalue weighted by atomic mass is 35.5. The molecule has 1 amide bonds. The normalized spacial score (nSPS) is 18.8. The third-order valence-electron chi connectivity index (χ3n) is 3.77. The van der Waals surface area contributed by atoms with Crippen molar-refractivity contribution in [3.8, 4) is 0 Å². The van der Waals surface area contributed by atoms with Gasteiger partial charge in [-0.15, -0.1) is 12.4 Å². The van der Waals surface area contributed by atoms with Crippen LogP contribution in [0.25, 0.3) is 0 Å². The van der Waals surface area contributed by atoms with E-state index in [1.165, 1.54) is 32.1 Å². The van der Waals surface area contributed by atoms with E-state index in [2.05, 4.69) is 19.2 Å². The zero-order chi connectivity index (χ0) is 12.0. The molecule has 1 atom stereocenters. The Labute approximate surface area is 111 Å². The fraction of sp³-hybridized carbons (Fsp3) is 0.923. The van der Waals surface area contributed by atoms with Gasteiger partial charge < -0.3 is 11.1 Å². The van der Waals surface area contributed by atoms with E-state index in [4.69, 9.17) is 5.73 Å². The summed E-state index contributed by atoms with van der Waals surface area (Å²) >= 11 is 0. The van der Waals surface area contributed by atoms with Crippen LogP contribution in [0.1, 0.15) is 58.8 Å². The molecule has 0 aromatic heterocycles. The number of halogens is 1. The second-order valence-electron chi connectivity index (χ2n) is 5.22. The number of nitrogens with one attached hydrogen (secondary N) is 1. The van der Waals surface area contributed by atoms with Gasteiger partial charge in [-0.1, -0.05) is 33.1 Å². The van der Waals surface area contributed by atoms with Gasteiger partial charge in [-0.05, 0) is 31.1 Å². The van der Waals surface area contributed by atoms with E-state index >= 15 is 0 Å². The van der Waals surface area contributed by atoms with Gasteiger partial charge in [0.1, 0.15) is 0 Å². The van der Waals surface area contributed by atoms with Gasteiger partial charge in [0.15, 0.2) is 0 Å². The third kappa shape index (κ3) is 4.84. The number of amides is 1. The minimum atomic E-state index is -0.316. The highest BCUT2D eigenvalue weighted by molar-refractivity contribution is 5.85. The van der Waals surface area contributed by atoms with Gasteiger partial charge in [-0.3, -0.25) is 4.79 Å². The number of nitrogens with two attached hydrogens (primary N) is 1. The summed E-state index contributed by atoms with van der Waals surface area (Å²) in [5.74, 6) is 0.0317. The van der Waals surface area contributed by atoms with Crippen LogP contribution in [0.3, 0.4) is 0 Å². The predicted octanol–water partition coefficient (Wildman–Crippen LogP) is 2.62. The molecule has 3 nitrogen and oxygen atoms in total. The van der Waals surface area contributed by atoms with Crippen LogP contribution in [-0.2, 0) is 4.79 Å². The maximum atomic E-state index is 11.7. The van der Waals surface area contributed by atoms with Crippen LogP contribution in [0.4, 0.5) is 0 Å². The molecule has 1 aliphatic carbocycles. The smallest absolute Gasteiger partial charge is 0.236 e. The number of hydrogen-bond acceptors (Lipinski definition) is 2. The Morgan fingerprint density at radius 1 is 1.35 bits per heavy atom. The van der Waals surface area contributed by atoms with Crippen LogP contribution in [0.5, 0.6) is 0 Å². The summed E-state index contributed by atoms with van der Waals surface area (Å²) in [4.78, 5) is 11.7. The molecular weight excluding hydrogens is 236 g/mol. The summed E-state index contributed by atoms with van der Waals surface area (Å²) in [6, 6.07) is -0.316. The Morgan fingerprint density at radius 3 is 2.41 bits per heavy atom. The molecule has 17 heavy (non-hydrogen) atoms. The summed E-state index contributed by atoms with van der Waals surface area (Å²) < 4.78 is 0. The molecule has 0 saturated heterocycles. The molecule has 0 spiro atoms. The lowest BCUT2D eigenvalue weighted by molar-refractivity contribution is -0.123. The Kier molecular flexibility index (Phi) is 7.80. The number of hydrogen-bond donors (Lipinski definition) is 2. The Hall–Kier alpha value is -0.280. The molecule has 4 heteroatoms. The van der Waals surface area contributed by atoms with Gasteiger partial charge in [0.25, 0.3) is 0 Å². The van der Waals surface area contributed by atoms with Crippen molar-refractivity contribution in [2.45, 2.75) is 64.8 Å². The fourth-order valence-electron chi connectivity index (χ4n) is 2.57. The van der Waals surface area contributed by atoms with Crippen molar-refractivity contribution in [1.82, 2.24) is 5.32 Å². The Balaban J connectivity index is 0.00000256. The van der Waals surface area contributed by atoms with E-state index in [-0.39, 0.29) is 24.4 Å². The number of carbonyl (C=O) groups is 1. The molecule has 1 saturated carbocycles. The average Bonchev–Trinajstić information content (AvgIpc) is 2.21. The molecule has 0 bridgehead atoms. The van der Waals surface area contributed by atoms with E-state index in [9.17, 15) is 4.79 Å². The van der Waals surface area contributed by atoms with E-state index < -0.39 is 0 Å². The second-order valence-corrected chi connectivity index (χ2v) is 5.22. The third-order valence-corrected chi connectivity index (χ3v) is 3.77. The Bertz CT molecular complexity index is 229. The van der Waals surface area contributed by atoms with Crippen LogP contribution >= 0.6 is 12.4 Å². The van der Waals surface area contributed by atoms with E-state index in [0.29, 0.717) is 5.41 Å². The van der Waals surface area contributed by atoms with Gasteiger partial charge in [0, 0.05) is 6.54 Å². The van der Waals surface area contributed by atoms with Crippen molar-refractivity contribution in [2.24, 2.45) is 11.1 Å². The zero-order valence-electron chi connectivity index (χ0n) is 11.1. The minimum absolute atomic E-state index is 0. The highest BCUT2D eigenvalue weighted by Gasteiger charge is 2.36. The first-order valence-electron chi connectivity index (χ1n) is 6.67.